The van der Waals surface area contributed by atoms with Crippen LogP contribution < -0.4 is 10.1 Å². The van der Waals surface area contributed by atoms with Crippen LogP contribution in [0.3, 0.4) is 0 Å². The topological polar surface area (TPSA) is 55.6 Å². The molecule has 21 heavy (non-hydrogen) atoms. The van der Waals surface area contributed by atoms with Crippen molar-refractivity contribution in [3.63, 3.8) is 0 Å². The number of aromatic nitrogens is 2. The number of ether oxygens (including phenoxy) is 1. The van der Waals surface area contributed by atoms with Crippen LogP contribution in [-0.2, 0) is 4.79 Å². The molecule has 0 saturated heterocycles. The van der Waals surface area contributed by atoms with Gasteiger partial charge in [-0.25, -0.2) is 4.98 Å². The van der Waals surface area contributed by atoms with Gasteiger partial charge in [-0.3, -0.25) is 4.79 Å². The molecule has 0 aliphatic carbocycles. The SMILES string of the molecule is CC1Oc2ccc(-c3cn4ccccc4n3)cc2NC1=O. The van der Waals surface area contributed by atoms with Crippen molar-refractivity contribution >= 4 is 17.2 Å². The number of fused-ring (bicyclic) bond motifs is 2. The van der Waals surface area contributed by atoms with Crippen molar-refractivity contribution in [3.8, 4) is 17.0 Å². The van der Waals surface area contributed by atoms with Crippen LogP contribution in [0.5, 0.6) is 5.75 Å². The van der Waals surface area contributed by atoms with E-state index >= 15 is 0 Å². The molecule has 3 aromatic rings. The Labute approximate surface area is 121 Å². The highest BCUT2D eigenvalue weighted by Crippen LogP contribution is 2.33. The van der Waals surface area contributed by atoms with E-state index in [0.29, 0.717) is 11.4 Å². The molecule has 3 heterocycles. The van der Waals surface area contributed by atoms with Crippen LogP contribution in [0.4, 0.5) is 5.69 Å². The lowest BCUT2D eigenvalue weighted by Crippen LogP contribution is -2.34. The molecule has 0 spiro atoms. The Hall–Kier alpha value is -2.82. The molecule has 1 N–H and O–H groups in total. The first kappa shape index (κ1) is 12.0. The number of nitrogens with one attached hydrogen (secondary N) is 1. The normalized spacial score (nSPS) is 17.2. The highest BCUT2D eigenvalue weighted by Gasteiger charge is 2.23. The Bertz CT molecular complexity index is 821. The fourth-order valence-corrected chi connectivity index (χ4v) is 2.44. The van der Waals surface area contributed by atoms with E-state index in [4.69, 9.17) is 4.74 Å². The number of imidazole rings is 1. The second kappa shape index (κ2) is 4.34. The van der Waals surface area contributed by atoms with Gasteiger partial charge < -0.3 is 14.5 Å². The third-order valence-electron chi connectivity index (χ3n) is 3.57. The number of amides is 1. The number of rotatable bonds is 1. The minimum absolute atomic E-state index is 0.130. The first-order chi connectivity index (χ1) is 10.2. The molecular formula is C16H13N3O2. The molecule has 1 amide bonds. The predicted molar refractivity (Wildman–Crippen MR) is 79.3 cm³/mol. The number of carbonyl (C=O) groups is 1. The molecule has 4 rings (SSSR count). The van der Waals surface area contributed by atoms with Crippen LogP contribution in [0, 0.1) is 0 Å². The van der Waals surface area contributed by atoms with E-state index in [1.54, 1.807) is 6.92 Å². The van der Waals surface area contributed by atoms with Crippen LogP contribution in [0.2, 0.25) is 0 Å². The largest absolute Gasteiger partial charge is 0.479 e. The lowest BCUT2D eigenvalue weighted by molar-refractivity contribution is -0.122. The third kappa shape index (κ3) is 1.94. The summed E-state index contributed by atoms with van der Waals surface area (Å²) in [6.45, 7) is 1.73. The highest BCUT2D eigenvalue weighted by molar-refractivity contribution is 5.98. The first-order valence-electron chi connectivity index (χ1n) is 6.76. The summed E-state index contributed by atoms with van der Waals surface area (Å²) in [4.78, 5) is 16.3. The summed E-state index contributed by atoms with van der Waals surface area (Å²) in [6.07, 6.45) is 3.46. The van der Waals surface area contributed by atoms with E-state index in [2.05, 4.69) is 10.3 Å². The van der Waals surface area contributed by atoms with Crippen molar-refractivity contribution in [2.24, 2.45) is 0 Å². The van der Waals surface area contributed by atoms with Gasteiger partial charge in [0.25, 0.3) is 5.91 Å². The molecule has 0 bridgehead atoms. The third-order valence-corrected chi connectivity index (χ3v) is 3.57. The molecule has 5 heteroatoms. The number of hydrogen-bond acceptors (Lipinski definition) is 3. The molecule has 1 unspecified atom stereocenters. The lowest BCUT2D eigenvalue weighted by atomic mass is 10.1. The summed E-state index contributed by atoms with van der Waals surface area (Å²) < 4.78 is 7.52. The Morgan fingerprint density at radius 3 is 3.05 bits per heavy atom. The molecule has 2 aromatic heterocycles. The molecule has 1 atom stereocenters. The Morgan fingerprint density at radius 2 is 2.19 bits per heavy atom. The lowest BCUT2D eigenvalue weighted by Gasteiger charge is -2.23. The van der Waals surface area contributed by atoms with Gasteiger partial charge in [-0.15, -0.1) is 0 Å². The summed E-state index contributed by atoms with van der Waals surface area (Å²) in [5.74, 6) is 0.560. The zero-order valence-electron chi connectivity index (χ0n) is 11.4. The van der Waals surface area contributed by atoms with Crippen molar-refractivity contribution < 1.29 is 9.53 Å². The van der Waals surface area contributed by atoms with Crippen molar-refractivity contribution in [1.82, 2.24) is 9.38 Å². The second-order valence-corrected chi connectivity index (χ2v) is 5.05. The van der Waals surface area contributed by atoms with Crippen LogP contribution >= 0.6 is 0 Å². The fraction of sp³-hybridized carbons (Fsp3) is 0.125. The maximum absolute atomic E-state index is 11.7. The van der Waals surface area contributed by atoms with Gasteiger partial charge in [0.05, 0.1) is 11.4 Å². The van der Waals surface area contributed by atoms with Crippen molar-refractivity contribution in [1.29, 1.82) is 0 Å². The standard InChI is InChI=1S/C16H13N3O2/c1-10-16(20)18-12-8-11(5-6-14(12)21-10)13-9-19-7-3-2-4-15(19)17-13/h2-10H,1H3,(H,18,20). The van der Waals surface area contributed by atoms with Gasteiger partial charge in [-0.05, 0) is 37.3 Å². The maximum atomic E-state index is 11.7. The predicted octanol–water partition coefficient (Wildman–Crippen LogP) is 2.72. The molecule has 1 aliphatic rings. The van der Waals surface area contributed by atoms with Crippen LogP contribution in [0.25, 0.3) is 16.9 Å². The van der Waals surface area contributed by atoms with E-state index in [-0.39, 0.29) is 5.91 Å². The summed E-state index contributed by atoms with van der Waals surface area (Å²) >= 11 is 0. The van der Waals surface area contributed by atoms with Gasteiger partial charge in [0.1, 0.15) is 11.4 Å². The summed E-state index contributed by atoms with van der Waals surface area (Å²) in [5, 5.41) is 2.86. The molecule has 1 aliphatic heterocycles. The van der Waals surface area contributed by atoms with Crippen molar-refractivity contribution in [2.75, 3.05) is 5.32 Å². The van der Waals surface area contributed by atoms with Crippen LogP contribution in [-0.4, -0.2) is 21.4 Å². The zero-order valence-corrected chi connectivity index (χ0v) is 11.4. The minimum Gasteiger partial charge on any atom is -0.479 e. The average molecular weight is 279 g/mol. The second-order valence-electron chi connectivity index (χ2n) is 5.05. The van der Waals surface area contributed by atoms with Crippen LogP contribution in [0.15, 0.2) is 48.8 Å². The highest BCUT2D eigenvalue weighted by atomic mass is 16.5. The monoisotopic (exact) mass is 279 g/mol. The molecule has 104 valence electrons. The van der Waals surface area contributed by atoms with E-state index in [1.807, 2.05) is 53.2 Å². The van der Waals surface area contributed by atoms with Gasteiger partial charge in [0.2, 0.25) is 0 Å². The van der Waals surface area contributed by atoms with Crippen LogP contribution in [0.1, 0.15) is 6.92 Å². The zero-order chi connectivity index (χ0) is 14.4. The number of benzene rings is 1. The Kier molecular flexibility index (Phi) is 2.47. The van der Waals surface area contributed by atoms with Gasteiger partial charge in [0.15, 0.2) is 6.10 Å². The Balaban J connectivity index is 1.79. The summed E-state index contributed by atoms with van der Waals surface area (Å²) in [6, 6.07) is 11.6. The van der Waals surface area contributed by atoms with Gasteiger partial charge in [-0.2, -0.15) is 0 Å². The number of anilines is 1. The minimum atomic E-state index is -0.460. The summed E-state index contributed by atoms with van der Waals surface area (Å²) in [5.41, 5.74) is 3.37. The summed E-state index contributed by atoms with van der Waals surface area (Å²) in [7, 11) is 0. The molecule has 0 fully saturated rings. The fourth-order valence-electron chi connectivity index (χ4n) is 2.44. The van der Waals surface area contributed by atoms with E-state index in [1.165, 1.54) is 0 Å². The average Bonchev–Trinajstić information content (AvgIpc) is 2.92. The smallest absolute Gasteiger partial charge is 0.265 e. The number of carbonyl (C=O) groups excluding carboxylic acids is 1. The molecule has 5 nitrogen and oxygen atoms in total. The van der Waals surface area contributed by atoms with E-state index in [9.17, 15) is 4.79 Å². The number of nitrogens with zero attached hydrogens (tertiary/aromatic N) is 2. The van der Waals surface area contributed by atoms with Gasteiger partial charge >= 0.3 is 0 Å². The maximum Gasteiger partial charge on any atom is 0.265 e. The van der Waals surface area contributed by atoms with Crippen molar-refractivity contribution in [3.05, 3.63) is 48.8 Å². The van der Waals surface area contributed by atoms with Gasteiger partial charge in [0, 0.05) is 18.0 Å². The van der Waals surface area contributed by atoms with Crippen molar-refractivity contribution in [2.45, 2.75) is 13.0 Å². The van der Waals surface area contributed by atoms with E-state index in [0.717, 1.165) is 16.9 Å². The van der Waals surface area contributed by atoms with E-state index < -0.39 is 6.10 Å². The Morgan fingerprint density at radius 1 is 1.29 bits per heavy atom. The van der Waals surface area contributed by atoms with Gasteiger partial charge in [-0.1, -0.05) is 6.07 Å². The molecule has 0 saturated carbocycles. The first-order valence-corrected chi connectivity index (χ1v) is 6.76. The molecular weight excluding hydrogens is 266 g/mol. The number of pyridine rings is 1. The molecule has 1 aromatic carbocycles. The number of hydrogen-bond donors (Lipinski definition) is 1. The quantitative estimate of drug-likeness (QED) is 0.745. The molecule has 0 radical (unpaired) electrons.